The highest BCUT2D eigenvalue weighted by atomic mass is 32.1. The van der Waals surface area contributed by atoms with Gasteiger partial charge in [-0.3, -0.25) is 4.79 Å². The third-order valence-electron chi connectivity index (χ3n) is 4.10. The topological polar surface area (TPSA) is 29.1 Å². The molecule has 104 valence electrons. The van der Waals surface area contributed by atoms with Gasteiger partial charge < -0.3 is 5.32 Å². The van der Waals surface area contributed by atoms with Gasteiger partial charge in [-0.25, -0.2) is 0 Å². The molecule has 1 amide bonds. The van der Waals surface area contributed by atoms with Gasteiger partial charge in [-0.2, -0.15) is 0 Å². The summed E-state index contributed by atoms with van der Waals surface area (Å²) in [7, 11) is 0. The van der Waals surface area contributed by atoms with Crippen LogP contribution in [0.3, 0.4) is 0 Å². The van der Waals surface area contributed by atoms with Crippen molar-refractivity contribution in [3.63, 3.8) is 0 Å². The Kier molecular flexibility index (Phi) is 5.32. The Morgan fingerprint density at radius 2 is 1.84 bits per heavy atom. The van der Waals surface area contributed by atoms with Crippen LogP contribution in [0.5, 0.6) is 0 Å². The van der Waals surface area contributed by atoms with E-state index in [0.717, 1.165) is 35.3 Å². The number of rotatable bonds is 4. The van der Waals surface area contributed by atoms with Crippen molar-refractivity contribution in [2.45, 2.75) is 43.9 Å². The normalized spacial score (nSPS) is 23.1. The molecular weight excluding hydrogens is 254 g/mol. The maximum atomic E-state index is 11.9. The molecule has 0 spiro atoms. The maximum Gasteiger partial charge on any atom is 0.251 e. The minimum Gasteiger partial charge on any atom is -0.352 e. The molecule has 1 saturated carbocycles. The van der Waals surface area contributed by atoms with Crippen molar-refractivity contribution in [2.75, 3.05) is 6.54 Å². The van der Waals surface area contributed by atoms with Crippen LogP contribution in [0.1, 0.15) is 49.4 Å². The number of carbonyl (C=O) groups is 1. The number of thiol groups is 1. The van der Waals surface area contributed by atoms with Crippen LogP contribution in [0.15, 0.2) is 29.2 Å². The zero-order valence-electron chi connectivity index (χ0n) is 11.6. The van der Waals surface area contributed by atoms with Crippen LogP contribution < -0.4 is 5.32 Å². The predicted molar refractivity (Wildman–Crippen MR) is 81.8 cm³/mol. The second-order valence-electron chi connectivity index (χ2n) is 5.72. The minimum absolute atomic E-state index is 0.0255. The van der Waals surface area contributed by atoms with Gasteiger partial charge in [0, 0.05) is 17.0 Å². The monoisotopic (exact) mass is 277 g/mol. The lowest BCUT2D eigenvalue weighted by Gasteiger charge is -2.26. The van der Waals surface area contributed by atoms with Gasteiger partial charge in [0.1, 0.15) is 0 Å². The number of hydrogen-bond donors (Lipinski definition) is 2. The van der Waals surface area contributed by atoms with Crippen molar-refractivity contribution in [3.05, 3.63) is 29.8 Å². The van der Waals surface area contributed by atoms with Gasteiger partial charge in [-0.1, -0.05) is 32.6 Å². The Morgan fingerprint density at radius 1 is 1.21 bits per heavy atom. The average molecular weight is 277 g/mol. The Hall–Kier alpha value is -0.960. The van der Waals surface area contributed by atoms with Gasteiger partial charge >= 0.3 is 0 Å². The fourth-order valence-corrected chi connectivity index (χ4v) is 2.87. The molecule has 1 aromatic rings. The van der Waals surface area contributed by atoms with Crippen LogP contribution in [0.4, 0.5) is 0 Å². The molecule has 1 aliphatic rings. The first-order valence-corrected chi connectivity index (χ1v) is 7.67. The summed E-state index contributed by atoms with van der Waals surface area (Å²) in [5, 5.41) is 3.01. The first-order valence-electron chi connectivity index (χ1n) is 7.22. The summed E-state index contributed by atoms with van der Waals surface area (Å²) >= 11 is 4.22. The van der Waals surface area contributed by atoms with Crippen molar-refractivity contribution in [2.24, 2.45) is 11.8 Å². The molecule has 1 aromatic carbocycles. The van der Waals surface area contributed by atoms with E-state index < -0.39 is 0 Å². The van der Waals surface area contributed by atoms with E-state index in [-0.39, 0.29) is 5.91 Å². The summed E-state index contributed by atoms with van der Waals surface area (Å²) < 4.78 is 0. The van der Waals surface area contributed by atoms with Crippen LogP contribution >= 0.6 is 12.6 Å². The first-order chi connectivity index (χ1) is 9.15. The van der Waals surface area contributed by atoms with Crippen LogP contribution in [0.2, 0.25) is 0 Å². The van der Waals surface area contributed by atoms with E-state index in [2.05, 4.69) is 24.9 Å². The second-order valence-corrected chi connectivity index (χ2v) is 6.23. The van der Waals surface area contributed by atoms with E-state index in [0.29, 0.717) is 0 Å². The molecule has 0 heterocycles. The van der Waals surface area contributed by atoms with Gasteiger partial charge in [-0.05, 0) is 42.5 Å². The largest absolute Gasteiger partial charge is 0.352 e. The van der Waals surface area contributed by atoms with Gasteiger partial charge in [-0.15, -0.1) is 12.6 Å². The summed E-state index contributed by atoms with van der Waals surface area (Å²) in [6.07, 6.45) is 6.46. The number of nitrogens with one attached hydrogen (secondary N) is 1. The lowest BCUT2D eigenvalue weighted by molar-refractivity contribution is 0.0949. The molecule has 0 unspecified atom stereocenters. The molecular formula is C16H23NOS. The minimum atomic E-state index is 0.0255. The summed E-state index contributed by atoms with van der Waals surface area (Å²) in [5.74, 6) is 1.72. The third kappa shape index (κ3) is 4.57. The summed E-state index contributed by atoms with van der Waals surface area (Å²) in [6.45, 7) is 3.13. The van der Waals surface area contributed by atoms with Gasteiger partial charge in [0.05, 0.1) is 0 Å². The van der Waals surface area contributed by atoms with E-state index >= 15 is 0 Å². The highest BCUT2D eigenvalue weighted by Crippen LogP contribution is 2.29. The molecule has 0 radical (unpaired) electrons. The Bertz CT molecular complexity index is 407. The smallest absolute Gasteiger partial charge is 0.251 e. The van der Waals surface area contributed by atoms with Gasteiger partial charge in [0.15, 0.2) is 0 Å². The van der Waals surface area contributed by atoms with Crippen molar-refractivity contribution in [1.82, 2.24) is 5.32 Å². The lowest BCUT2D eigenvalue weighted by Crippen LogP contribution is -2.26. The molecule has 1 aliphatic carbocycles. The fraction of sp³-hybridized carbons (Fsp3) is 0.562. The highest BCUT2D eigenvalue weighted by molar-refractivity contribution is 7.80. The molecule has 0 atom stereocenters. The molecule has 0 aliphatic heterocycles. The fourth-order valence-electron chi connectivity index (χ4n) is 2.72. The molecule has 3 heteroatoms. The van der Waals surface area contributed by atoms with Crippen LogP contribution in [-0.2, 0) is 0 Å². The summed E-state index contributed by atoms with van der Waals surface area (Å²) in [5.41, 5.74) is 0.718. The number of carbonyl (C=O) groups excluding carboxylic acids is 1. The summed E-state index contributed by atoms with van der Waals surface area (Å²) in [4.78, 5) is 12.8. The lowest BCUT2D eigenvalue weighted by atomic mass is 9.81. The number of hydrogen-bond acceptors (Lipinski definition) is 2. The van der Waals surface area contributed by atoms with Crippen molar-refractivity contribution in [3.8, 4) is 0 Å². The van der Waals surface area contributed by atoms with E-state index in [4.69, 9.17) is 0 Å². The Balaban J connectivity index is 1.70. The summed E-state index contributed by atoms with van der Waals surface area (Å²) in [6, 6.07) is 7.33. The Labute approximate surface area is 121 Å². The van der Waals surface area contributed by atoms with Crippen LogP contribution in [0.25, 0.3) is 0 Å². The second kappa shape index (κ2) is 6.99. The zero-order valence-corrected chi connectivity index (χ0v) is 12.5. The SMILES string of the molecule is CC1CCC(CCNC(=O)c2ccc(S)cc2)CC1. The standard InChI is InChI=1S/C16H23NOS/c1-12-2-4-13(5-3-12)10-11-17-16(18)14-6-8-15(19)9-7-14/h6-9,12-13,19H,2-5,10-11H2,1H3,(H,17,18). The van der Waals surface area contributed by atoms with E-state index in [9.17, 15) is 4.79 Å². The molecule has 2 nitrogen and oxygen atoms in total. The predicted octanol–water partition coefficient (Wildman–Crippen LogP) is 3.92. The molecule has 2 rings (SSSR count). The quantitative estimate of drug-likeness (QED) is 0.802. The molecule has 0 saturated heterocycles. The highest BCUT2D eigenvalue weighted by Gasteiger charge is 2.17. The number of amides is 1. The molecule has 1 N–H and O–H groups in total. The van der Waals surface area contributed by atoms with Gasteiger partial charge in [0.25, 0.3) is 5.91 Å². The molecule has 19 heavy (non-hydrogen) atoms. The van der Waals surface area contributed by atoms with Crippen LogP contribution in [0, 0.1) is 11.8 Å². The maximum absolute atomic E-state index is 11.9. The number of benzene rings is 1. The zero-order chi connectivity index (χ0) is 13.7. The first kappa shape index (κ1) is 14.4. The third-order valence-corrected chi connectivity index (χ3v) is 4.40. The molecule has 0 aromatic heterocycles. The average Bonchev–Trinajstić information content (AvgIpc) is 2.41. The van der Waals surface area contributed by atoms with Crippen molar-refractivity contribution < 1.29 is 4.79 Å². The Morgan fingerprint density at radius 3 is 2.47 bits per heavy atom. The molecule has 0 bridgehead atoms. The molecule has 1 fully saturated rings. The van der Waals surface area contributed by atoms with Crippen molar-refractivity contribution in [1.29, 1.82) is 0 Å². The van der Waals surface area contributed by atoms with E-state index in [1.165, 1.54) is 25.7 Å². The van der Waals surface area contributed by atoms with E-state index in [1.54, 1.807) is 0 Å². The van der Waals surface area contributed by atoms with Gasteiger partial charge in [0.2, 0.25) is 0 Å². The van der Waals surface area contributed by atoms with Crippen molar-refractivity contribution >= 4 is 18.5 Å². The van der Waals surface area contributed by atoms with Crippen LogP contribution in [-0.4, -0.2) is 12.5 Å². The van der Waals surface area contributed by atoms with E-state index in [1.807, 2.05) is 24.3 Å².